The summed E-state index contributed by atoms with van der Waals surface area (Å²) < 4.78 is 12.8. The number of aromatic nitrogens is 3. The van der Waals surface area contributed by atoms with E-state index in [-0.39, 0.29) is 6.16 Å². The maximum atomic E-state index is 11.3. The van der Waals surface area contributed by atoms with Crippen molar-refractivity contribution >= 4 is 7.60 Å². The first kappa shape index (κ1) is 16.5. The molecule has 0 unspecified atom stereocenters. The van der Waals surface area contributed by atoms with Crippen LogP contribution < -0.4 is 5.73 Å². The minimum absolute atomic E-state index is 0.346. The van der Waals surface area contributed by atoms with Crippen LogP contribution in [0.4, 0.5) is 0 Å². The van der Waals surface area contributed by atoms with E-state index in [2.05, 4.69) is 10.3 Å². The van der Waals surface area contributed by atoms with E-state index in [4.69, 9.17) is 5.73 Å². The van der Waals surface area contributed by atoms with Crippen molar-refractivity contribution in [3.63, 3.8) is 0 Å². The van der Waals surface area contributed by atoms with Gasteiger partial charge in [-0.25, -0.2) is 4.68 Å². The van der Waals surface area contributed by atoms with Crippen molar-refractivity contribution in [2.24, 2.45) is 5.73 Å². The molecule has 124 valence electrons. The summed E-state index contributed by atoms with van der Waals surface area (Å²) in [5, 5.41) is 8.25. The fraction of sp³-hybridized carbons (Fsp3) is 0.125. The van der Waals surface area contributed by atoms with Crippen LogP contribution in [0.1, 0.15) is 11.1 Å². The third-order valence-electron chi connectivity index (χ3n) is 3.57. The lowest BCUT2D eigenvalue weighted by Crippen LogP contribution is -2.00. The first-order valence-corrected chi connectivity index (χ1v) is 9.10. The molecule has 0 aliphatic heterocycles. The van der Waals surface area contributed by atoms with Gasteiger partial charge in [-0.05, 0) is 23.3 Å². The van der Waals surface area contributed by atoms with E-state index in [1.165, 1.54) is 4.68 Å². The van der Waals surface area contributed by atoms with Crippen molar-refractivity contribution in [1.29, 1.82) is 0 Å². The van der Waals surface area contributed by atoms with Crippen LogP contribution in [0.3, 0.4) is 0 Å². The predicted molar refractivity (Wildman–Crippen MR) is 90.4 cm³/mol. The number of benzene rings is 2. The average molecular weight is 344 g/mol. The van der Waals surface area contributed by atoms with Crippen LogP contribution in [0.5, 0.6) is 0 Å². The highest BCUT2D eigenvalue weighted by atomic mass is 31.2. The summed E-state index contributed by atoms with van der Waals surface area (Å²) in [6, 6.07) is 14.6. The number of hydrogen-bond donors (Lipinski definition) is 3. The zero-order chi connectivity index (χ0) is 17.2. The van der Waals surface area contributed by atoms with Crippen LogP contribution in [-0.2, 0) is 17.3 Å². The molecule has 0 aliphatic rings. The molecule has 3 rings (SSSR count). The molecule has 3 aromatic rings. The summed E-state index contributed by atoms with van der Waals surface area (Å²) >= 11 is 0. The molecule has 0 saturated heterocycles. The molecule has 0 saturated carbocycles. The molecule has 4 N–H and O–H groups in total. The topological polar surface area (TPSA) is 114 Å². The summed E-state index contributed by atoms with van der Waals surface area (Å²) in [7, 11) is -4.17. The SMILES string of the molecule is NCc1cccc(-c2cn(-c3ccccc3CP(=O)(O)O)nn2)c1. The Kier molecular flexibility index (Phi) is 4.59. The van der Waals surface area contributed by atoms with Crippen LogP contribution in [0.25, 0.3) is 16.9 Å². The molecule has 0 aliphatic carbocycles. The van der Waals surface area contributed by atoms with Gasteiger partial charge in [0.15, 0.2) is 0 Å². The van der Waals surface area contributed by atoms with Gasteiger partial charge in [-0.1, -0.05) is 41.6 Å². The second kappa shape index (κ2) is 6.67. The van der Waals surface area contributed by atoms with Crippen molar-refractivity contribution < 1.29 is 14.4 Å². The normalized spacial score (nSPS) is 11.6. The first-order chi connectivity index (χ1) is 11.5. The third kappa shape index (κ3) is 3.77. The highest BCUT2D eigenvalue weighted by molar-refractivity contribution is 7.50. The van der Waals surface area contributed by atoms with Crippen molar-refractivity contribution in [3.8, 4) is 16.9 Å². The molecule has 0 amide bonds. The van der Waals surface area contributed by atoms with E-state index in [1.807, 2.05) is 24.3 Å². The van der Waals surface area contributed by atoms with Gasteiger partial charge in [0.1, 0.15) is 5.69 Å². The number of para-hydroxylation sites is 1. The molecular formula is C16H17N4O3P. The number of nitrogens with zero attached hydrogens (tertiary/aromatic N) is 3. The van der Waals surface area contributed by atoms with Crippen LogP contribution in [0, 0.1) is 0 Å². The Morgan fingerprint density at radius 1 is 1.12 bits per heavy atom. The van der Waals surface area contributed by atoms with Crippen molar-refractivity contribution in [2.75, 3.05) is 0 Å². The molecule has 0 fully saturated rings. The highest BCUT2D eigenvalue weighted by Crippen LogP contribution is 2.40. The second-order valence-electron chi connectivity index (χ2n) is 5.40. The van der Waals surface area contributed by atoms with Crippen molar-refractivity contribution in [3.05, 3.63) is 65.9 Å². The van der Waals surface area contributed by atoms with Gasteiger partial charge in [0, 0.05) is 12.1 Å². The summed E-state index contributed by atoms with van der Waals surface area (Å²) in [4.78, 5) is 18.5. The summed E-state index contributed by atoms with van der Waals surface area (Å²) in [5.74, 6) is 0. The third-order valence-corrected chi connectivity index (χ3v) is 4.32. The monoisotopic (exact) mass is 344 g/mol. The van der Waals surface area contributed by atoms with E-state index in [1.54, 1.807) is 30.5 Å². The summed E-state index contributed by atoms with van der Waals surface area (Å²) in [5.41, 5.74) is 9.30. The predicted octanol–water partition coefficient (Wildman–Crippen LogP) is 2.07. The standard InChI is InChI=1S/C16H17N4O3P/c17-9-12-4-3-6-13(8-12)15-10-20(19-18-15)16-7-2-1-5-14(16)11-24(21,22)23/h1-8,10H,9,11,17H2,(H2,21,22,23). The summed E-state index contributed by atoms with van der Waals surface area (Å²) in [6.45, 7) is 0.438. The quantitative estimate of drug-likeness (QED) is 0.611. The van der Waals surface area contributed by atoms with Gasteiger partial charge < -0.3 is 15.5 Å². The van der Waals surface area contributed by atoms with Gasteiger partial charge in [-0.15, -0.1) is 5.10 Å². The molecule has 0 bridgehead atoms. The number of rotatable bonds is 5. The van der Waals surface area contributed by atoms with E-state index in [0.29, 0.717) is 23.5 Å². The minimum atomic E-state index is -4.17. The Morgan fingerprint density at radius 3 is 2.67 bits per heavy atom. The first-order valence-electron chi connectivity index (χ1n) is 7.31. The molecule has 0 atom stereocenters. The molecule has 7 nitrogen and oxygen atoms in total. The number of nitrogens with two attached hydrogens (primary N) is 1. The molecular weight excluding hydrogens is 327 g/mol. The Balaban J connectivity index is 1.98. The van der Waals surface area contributed by atoms with Gasteiger partial charge in [0.25, 0.3) is 0 Å². The molecule has 0 spiro atoms. The van der Waals surface area contributed by atoms with Crippen LogP contribution in [0.15, 0.2) is 54.7 Å². The molecule has 0 radical (unpaired) electrons. The zero-order valence-electron chi connectivity index (χ0n) is 12.8. The zero-order valence-corrected chi connectivity index (χ0v) is 13.7. The Labute approximate surface area is 138 Å². The maximum Gasteiger partial charge on any atom is 0.329 e. The van der Waals surface area contributed by atoms with Crippen LogP contribution in [-0.4, -0.2) is 24.8 Å². The van der Waals surface area contributed by atoms with Gasteiger partial charge in [0.2, 0.25) is 0 Å². The molecule has 1 heterocycles. The Morgan fingerprint density at radius 2 is 1.92 bits per heavy atom. The average Bonchev–Trinajstić information content (AvgIpc) is 3.04. The lowest BCUT2D eigenvalue weighted by atomic mass is 10.1. The fourth-order valence-electron chi connectivity index (χ4n) is 2.46. The van der Waals surface area contributed by atoms with E-state index in [0.717, 1.165) is 11.1 Å². The number of hydrogen-bond acceptors (Lipinski definition) is 4. The minimum Gasteiger partial charge on any atom is -0.326 e. The highest BCUT2D eigenvalue weighted by Gasteiger charge is 2.18. The van der Waals surface area contributed by atoms with Crippen LogP contribution >= 0.6 is 7.60 Å². The summed E-state index contributed by atoms with van der Waals surface area (Å²) in [6.07, 6.45) is 1.38. The van der Waals surface area contributed by atoms with E-state index < -0.39 is 7.60 Å². The molecule has 24 heavy (non-hydrogen) atoms. The molecule has 8 heteroatoms. The van der Waals surface area contributed by atoms with E-state index in [9.17, 15) is 14.4 Å². The smallest absolute Gasteiger partial charge is 0.326 e. The van der Waals surface area contributed by atoms with Crippen LogP contribution in [0.2, 0.25) is 0 Å². The Hall–Kier alpha value is -2.31. The Bertz CT molecular complexity index is 904. The van der Waals surface area contributed by atoms with Gasteiger partial charge >= 0.3 is 7.60 Å². The lowest BCUT2D eigenvalue weighted by Gasteiger charge is -2.09. The fourth-order valence-corrected chi connectivity index (χ4v) is 3.17. The van der Waals surface area contributed by atoms with Crippen molar-refractivity contribution in [1.82, 2.24) is 15.0 Å². The van der Waals surface area contributed by atoms with Gasteiger partial charge in [-0.3, -0.25) is 4.57 Å². The maximum absolute atomic E-state index is 11.3. The largest absolute Gasteiger partial charge is 0.329 e. The van der Waals surface area contributed by atoms with Gasteiger partial charge in [0.05, 0.1) is 18.0 Å². The van der Waals surface area contributed by atoms with Gasteiger partial charge in [-0.2, -0.15) is 0 Å². The van der Waals surface area contributed by atoms with E-state index >= 15 is 0 Å². The molecule has 1 aromatic heterocycles. The lowest BCUT2D eigenvalue weighted by molar-refractivity contribution is 0.371. The molecule has 2 aromatic carbocycles. The second-order valence-corrected chi connectivity index (χ2v) is 7.05. The van der Waals surface area contributed by atoms with Crippen molar-refractivity contribution in [2.45, 2.75) is 12.7 Å².